The molecule has 0 saturated carbocycles. The summed E-state index contributed by atoms with van der Waals surface area (Å²) in [5.74, 6) is -0.205. The van der Waals surface area contributed by atoms with E-state index in [1.54, 1.807) is 11.0 Å². The van der Waals surface area contributed by atoms with Crippen LogP contribution in [0.2, 0.25) is 0 Å². The molecule has 6 heteroatoms. The number of anilines is 1. The molecule has 1 aromatic carbocycles. The van der Waals surface area contributed by atoms with Gasteiger partial charge in [0, 0.05) is 18.7 Å². The Bertz CT molecular complexity index is 637. The first-order valence-corrected chi connectivity index (χ1v) is 7.60. The van der Waals surface area contributed by atoms with Crippen molar-refractivity contribution in [1.82, 2.24) is 5.32 Å². The van der Waals surface area contributed by atoms with Gasteiger partial charge in [0.05, 0.1) is 4.91 Å². The highest BCUT2D eigenvalue weighted by atomic mass is 32.2. The van der Waals surface area contributed by atoms with Gasteiger partial charge in [0.1, 0.15) is 0 Å². The van der Waals surface area contributed by atoms with E-state index < -0.39 is 0 Å². The van der Waals surface area contributed by atoms with Crippen molar-refractivity contribution in [1.29, 1.82) is 0 Å². The summed E-state index contributed by atoms with van der Waals surface area (Å²) in [4.78, 5) is 36.6. The maximum Gasteiger partial charge on any atom is 0.290 e. The van der Waals surface area contributed by atoms with E-state index in [1.165, 1.54) is 0 Å². The molecule has 0 aromatic heterocycles. The van der Waals surface area contributed by atoms with Crippen LogP contribution in [0.15, 0.2) is 29.2 Å². The second-order valence-electron chi connectivity index (χ2n) is 4.95. The van der Waals surface area contributed by atoms with E-state index in [9.17, 15) is 14.4 Å². The topological polar surface area (TPSA) is 66.5 Å². The van der Waals surface area contributed by atoms with E-state index in [1.807, 2.05) is 24.3 Å². The Morgan fingerprint density at radius 1 is 1.10 bits per heavy atom. The third-order valence-electron chi connectivity index (χ3n) is 3.47. The van der Waals surface area contributed by atoms with Crippen LogP contribution in [-0.4, -0.2) is 23.6 Å². The second-order valence-corrected chi connectivity index (χ2v) is 5.96. The van der Waals surface area contributed by atoms with Gasteiger partial charge in [-0.2, -0.15) is 0 Å². The van der Waals surface area contributed by atoms with Gasteiger partial charge in [-0.3, -0.25) is 19.7 Å². The molecule has 1 N–H and O–H groups in total. The van der Waals surface area contributed by atoms with Crippen LogP contribution in [0.5, 0.6) is 0 Å². The quantitative estimate of drug-likeness (QED) is 0.853. The minimum atomic E-state index is -0.361. The van der Waals surface area contributed by atoms with Crippen LogP contribution in [0.25, 0.3) is 6.08 Å². The second kappa shape index (κ2) is 5.73. The molecule has 108 valence electrons. The van der Waals surface area contributed by atoms with Crippen LogP contribution in [-0.2, 0) is 9.59 Å². The molecule has 5 nitrogen and oxygen atoms in total. The molecule has 21 heavy (non-hydrogen) atoms. The Balaban J connectivity index is 1.78. The summed E-state index contributed by atoms with van der Waals surface area (Å²) in [5.41, 5.74) is 1.71. The Hall–Kier alpha value is -2.08. The Morgan fingerprint density at radius 2 is 1.86 bits per heavy atom. The smallest absolute Gasteiger partial charge is 0.290 e. The number of amides is 3. The fourth-order valence-corrected chi connectivity index (χ4v) is 3.08. The molecule has 2 fully saturated rings. The molecular weight excluding hydrogens is 288 g/mol. The van der Waals surface area contributed by atoms with Crippen LogP contribution in [0.1, 0.15) is 24.8 Å². The average Bonchev–Trinajstić information content (AvgIpc) is 2.78. The molecule has 0 aliphatic carbocycles. The van der Waals surface area contributed by atoms with Gasteiger partial charge in [0.15, 0.2) is 0 Å². The van der Waals surface area contributed by atoms with Crippen LogP contribution in [0.3, 0.4) is 0 Å². The first kappa shape index (κ1) is 13.9. The standard InChI is InChI=1S/C15H14N2O3S/c18-13-3-1-2-8-17(13)11-6-4-10(5-7-11)9-12-14(19)16-15(20)21-12/h4-7,9H,1-3,8H2,(H,16,19,20)/b12-9-. The zero-order valence-corrected chi connectivity index (χ0v) is 12.1. The molecule has 2 aliphatic heterocycles. The largest absolute Gasteiger partial charge is 0.312 e. The van der Waals surface area contributed by atoms with Gasteiger partial charge in [0.25, 0.3) is 11.1 Å². The Labute approximate surface area is 126 Å². The van der Waals surface area contributed by atoms with E-state index >= 15 is 0 Å². The van der Waals surface area contributed by atoms with Crippen molar-refractivity contribution >= 4 is 40.6 Å². The predicted octanol–water partition coefficient (Wildman–Crippen LogP) is 2.53. The first-order chi connectivity index (χ1) is 10.1. The number of nitrogens with zero attached hydrogens (tertiary/aromatic N) is 1. The Morgan fingerprint density at radius 3 is 2.48 bits per heavy atom. The zero-order valence-electron chi connectivity index (χ0n) is 11.3. The molecular formula is C15H14N2O3S. The minimum absolute atomic E-state index is 0.156. The number of thioether (sulfide) groups is 1. The van der Waals surface area contributed by atoms with Crippen LogP contribution < -0.4 is 10.2 Å². The van der Waals surface area contributed by atoms with Gasteiger partial charge in [-0.15, -0.1) is 0 Å². The molecule has 2 heterocycles. The summed E-state index contributed by atoms with van der Waals surface area (Å²) in [7, 11) is 0. The summed E-state index contributed by atoms with van der Waals surface area (Å²) in [5, 5.41) is 1.87. The SMILES string of the molecule is O=C1NC(=O)/C(=C/c2ccc(N3CCCCC3=O)cc2)S1. The molecule has 0 spiro atoms. The molecule has 0 radical (unpaired) electrons. The highest BCUT2D eigenvalue weighted by Gasteiger charge is 2.25. The number of carbonyl (C=O) groups excluding carboxylic acids is 3. The number of rotatable bonds is 2. The first-order valence-electron chi connectivity index (χ1n) is 6.79. The Kier molecular flexibility index (Phi) is 3.79. The molecule has 3 rings (SSSR count). The summed E-state index contributed by atoms with van der Waals surface area (Å²) < 4.78 is 0. The summed E-state index contributed by atoms with van der Waals surface area (Å²) >= 11 is 0.898. The van der Waals surface area contributed by atoms with Crippen molar-refractivity contribution < 1.29 is 14.4 Å². The zero-order chi connectivity index (χ0) is 14.8. The third kappa shape index (κ3) is 3.00. The molecule has 2 saturated heterocycles. The summed E-state index contributed by atoms with van der Waals surface area (Å²) in [6.07, 6.45) is 4.26. The highest BCUT2D eigenvalue weighted by molar-refractivity contribution is 8.18. The number of hydrogen-bond donors (Lipinski definition) is 1. The fourth-order valence-electron chi connectivity index (χ4n) is 2.40. The fraction of sp³-hybridized carbons (Fsp3) is 0.267. The molecule has 0 unspecified atom stereocenters. The number of nitrogens with one attached hydrogen (secondary N) is 1. The van der Waals surface area contributed by atoms with Crippen molar-refractivity contribution in [3.05, 3.63) is 34.7 Å². The number of carbonyl (C=O) groups is 3. The normalized spacial score (nSPS) is 21.0. The van der Waals surface area contributed by atoms with Crippen molar-refractivity contribution in [2.24, 2.45) is 0 Å². The van der Waals surface area contributed by atoms with Crippen molar-refractivity contribution in [2.45, 2.75) is 19.3 Å². The average molecular weight is 302 g/mol. The maximum atomic E-state index is 11.9. The van der Waals surface area contributed by atoms with Crippen LogP contribution in [0.4, 0.5) is 10.5 Å². The molecule has 1 aromatic rings. The van der Waals surface area contributed by atoms with Crippen molar-refractivity contribution in [2.75, 3.05) is 11.4 Å². The monoisotopic (exact) mass is 302 g/mol. The van der Waals surface area contributed by atoms with E-state index in [0.29, 0.717) is 11.3 Å². The number of benzene rings is 1. The van der Waals surface area contributed by atoms with Gasteiger partial charge in [-0.05, 0) is 48.4 Å². The molecule has 2 aliphatic rings. The van der Waals surface area contributed by atoms with Gasteiger partial charge < -0.3 is 4.90 Å². The van der Waals surface area contributed by atoms with E-state index in [0.717, 1.165) is 42.4 Å². The van der Waals surface area contributed by atoms with E-state index in [2.05, 4.69) is 5.32 Å². The van der Waals surface area contributed by atoms with Crippen LogP contribution >= 0.6 is 11.8 Å². The number of hydrogen-bond acceptors (Lipinski definition) is 4. The summed E-state index contributed by atoms with van der Waals surface area (Å²) in [6, 6.07) is 7.44. The van der Waals surface area contributed by atoms with Gasteiger partial charge in [-0.25, -0.2) is 0 Å². The predicted molar refractivity (Wildman–Crippen MR) is 81.8 cm³/mol. The van der Waals surface area contributed by atoms with Gasteiger partial charge in [-0.1, -0.05) is 12.1 Å². The van der Waals surface area contributed by atoms with E-state index in [4.69, 9.17) is 0 Å². The lowest BCUT2D eigenvalue weighted by Gasteiger charge is -2.26. The molecule has 0 atom stereocenters. The highest BCUT2D eigenvalue weighted by Crippen LogP contribution is 2.27. The minimum Gasteiger partial charge on any atom is -0.312 e. The maximum absolute atomic E-state index is 11.9. The van der Waals surface area contributed by atoms with Crippen LogP contribution in [0, 0.1) is 0 Å². The van der Waals surface area contributed by atoms with Crippen molar-refractivity contribution in [3.8, 4) is 0 Å². The van der Waals surface area contributed by atoms with Crippen molar-refractivity contribution in [3.63, 3.8) is 0 Å². The summed E-state index contributed by atoms with van der Waals surface area (Å²) in [6.45, 7) is 0.756. The van der Waals surface area contributed by atoms with Gasteiger partial charge >= 0.3 is 0 Å². The third-order valence-corrected chi connectivity index (χ3v) is 4.28. The lowest BCUT2D eigenvalue weighted by molar-refractivity contribution is -0.119. The lowest BCUT2D eigenvalue weighted by atomic mass is 10.1. The molecule has 0 bridgehead atoms. The number of piperidine rings is 1. The molecule has 3 amide bonds. The van der Waals surface area contributed by atoms with Gasteiger partial charge in [0.2, 0.25) is 5.91 Å². The van der Waals surface area contributed by atoms with E-state index in [-0.39, 0.29) is 17.1 Å². The number of imide groups is 1. The lowest BCUT2D eigenvalue weighted by Crippen LogP contribution is -2.35.